The molecule has 3 nitrogen and oxygen atoms in total. The molecule has 0 amide bonds. The van der Waals surface area contributed by atoms with Crippen LogP contribution in [-0.4, -0.2) is 30.4 Å². The molecule has 1 aromatic carbocycles. The second-order valence-electron chi connectivity index (χ2n) is 5.37. The first-order valence-corrected chi connectivity index (χ1v) is 7.17. The maximum atomic E-state index is 9.86. The first-order valence-electron chi connectivity index (χ1n) is 7.17. The third-order valence-electron chi connectivity index (χ3n) is 3.26. The SMILES string of the molecule is CCC(C)c1ccccc1OCC(O)CNC(C)C.[Cl-]. The average molecular weight is 301 g/mol. The Bertz CT molecular complexity index is 371. The number of halogens is 1. The topological polar surface area (TPSA) is 41.5 Å². The monoisotopic (exact) mass is 300 g/mol. The van der Waals surface area contributed by atoms with Crippen LogP contribution >= 0.6 is 0 Å². The third kappa shape index (κ3) is 6.60. The van der Waals surface area contributed by atoms with E-state index in [9.17, 15) is 5.11 Å². The third-order valence-corrected chi connectivity index (χ3v) is 3.26. The minimum atomic E-state index is -0.479. The van der Waals surface area contributed by atoms with Gasteiger partial charge in [0.25, 0.3) is 0 Å². The molecule has 0 spiro atoms. The van der Waals surface area contributed by atoms with E-state index in [-0.39, 0.29) is 12.4 Å². The minimum Gasteiger partial charge on any atom is -1.00 e. The van der Waals surface area contributed by atoms with Gasteiger partial charge in [0.1, 0.15) is 18.5 Å². The highest BCUT2D eigenvalue weighted by Gasteiger charge is 2.11. The van der Waals surface area contributed by atoms with Crippen LogP contribution < -0.4 is 22.5 Å². The standard InChI is InChI=1S/C16H27NO2.ClH/c1-5-13(4)15-8-6-7-9-16(15)19-11-14(18)10-17-12(2)3;/h6-9,12-14,17-18H,5,10-11H2,1-4H3;1H/p-1. The van der Waals surface area contributed by atoms with Gasteiger partial charge in [-0.3, -0.25) is 0 Å². The van der Waals surface area contributed by atoms with Crippen molar-refractivity contribution in [3.63, 3.8) is 0 Å². The number of ether oxygens (including phenoxy) is 1. The number of para-hydroxylation sites is 1. The number of nitrogens with one attached hydrogen (secondary N) is 1. The number of hydrogen-bond donors (Lipinski definition) is 2. The van der Waals surface area contributed by atoms with Crippen molar-refractivity contribution in [1.82, 2.24) is 5.32 Å². The molecule has 0 aliphatic heterocycles. The first-order chi connectivity index (χ1) is 9.04. The molecule has 0 heterocycles. The van der Waals surface area contributed by atoms with Crippen LogP contribution in [0.2, 0.25) is 0 Å². The van der Waals surface area contributed by atoms with Gasteiger partial charge in [-0.25, -0.2) is 0 Å². The lowest BCUT2D eigenvalue weighted by Crippen LogP contribution is -3.00. The molecule has 0 saturated heterocycles. The van der Waals surface area contributed by atoms with Crippen LogP contribution in [0.15, 0.2) is 24.3 Å². The van der Waals surface area contributed by atoms with Gasteiger partial charge in [0.05, 0.1) is 0 Å². The summed E-state index contributed by atoms with van der Waals surface area (Å²) in [6.07, 6.45) is 0.602. The lowest BCUT2D eigenvalue weighted by Gasteiger charge is -2.18. The lowest BCUT2D eigenvalue weighted by molar-refractivity contribution is -0.00000602. The normalized spacial score (nSPS) is 13.7. The van der Waals surface area contributed by atoms with Gasteiger partial charge in [0.2, 0.25) is 0 Å². The molecule has 0 bridgehead atoms. The number of benzene rings is 1. The van der Waals surface area contributed by atoms with Crippen molar-refractivity contribution in [1.29, 1.82) is 0 Å². The highest BCUT2D eigenvalue weighted by molar-refractivity contribution is 5.35. The number of hydrogen-bond acceptors (Lipinski definition) is 3. The van der Waals surface area contributed by atoms with Gasteiger partial charge in [-0.15, -0.1) is 0 Å². The molecule has 4 heteroatoms. The zero-order valence-electron chi connectivity index (χ0n) is 12.9. The number of aliphatic hydroxyl groups is 1. The fourth-order valence-corrected chi connectivity index (χ4v) is 1.86. The summed E-state index contributed by atoms with van der Waals surface area (Å²) in [5, 5.41) is 13.1. The van der Waals surface area contributed by atoms with Gasteiger partial charge in [-0.05, 0) is 24.0 Å². The van der Waals surface area contributed by atoms with Gasteiger partial charge in [0, 0.05) is 12.6 Å². The Hall–Kier alpha value is -0.770. The second kappa shape index (κ2) is 10.0. The Morgan fingerprint density at radius 1 is 1.20 bits per heavy atom. The van der Waals surface area contributed by atoms with Crippen molar-refractivity contribution in [3.8, 4) is 5.75 Å². The highest BCUT2D eigenvalue weighted by Crippen LogP contribution is 2.28. The molecule has 2 atom stereocenters. The first kappa shape index (κ1) is 19.2. The van der Waals surface area contributed by atoms with E-state index in [1.807, 2.05) is 18.2 Å². The molecule has 1 aromatic rings. The van der Waals surface area contributed by atoms with E-state index in [1.165, 1.54) is 5.56 Å². The van der Waals surface area contributed by atoms with Gasteiger partial charge in [-0.2, -0.15) is 0 Å². The Kier molecular flexibility index (Phi) is 9.64. The summed E-state index contributed by atoms with van der Waals surface area (Å²) >= 11 is 0. The maximum Gasteiger partial charge on any atom is 0.122 e. The van der Waals surface area contributed by atoms with Crippen LogP contribution in [0, 0.1) is 0 Å². The maximum absolute atomic E-state index is 9.86. The van der Waals surface area contributed by atoms with Crippen molar-refractivity contribution in [2.45, 2.75) is 52.2 Å². The van der Waals surface area contributed by atoms with Crippen molar-refractivity contribution in [3.05, 3.63) is 29.8 Å². The summed E-state index contributed by atoms with van der Waals surface area (Å²) in [5.41, 5.74) is 1.22. The zero-order valence-corrected chi connectivity index (χ0v) is 13.7. The molecule has 0 aliphatic carbocycles. The fourth-order valence-electron chi connectivity index (χ4n) is 1.86. The molecule has 1 rings (SSSR count). The predicted octanol–water partition coefficient (Wildman–Crippen LogP) is -0.0582. The van der Waals surface area contributed by atoms with Crippen molar-refractivity contribution in [2.24, 2.45) is 0 Å². The molecule has 2 N–H and O–H groups in total. The smallest absolute Gasteiger partial charge is 0.122 e. The van der Waals surface area contributed by atoms with Gasteiger partial charge in [0.15, 0.2) is 0 Å². The summed E-state index contributed by atoms with van der Waals surface area (Å²) in [6.45, 7) is 9.37. The van der Waals surface area contributed by atoms with E-state index in [1.54, 1.807) is 0 Å². The van der Waals surface area contributed by atoms with Crippen LogP contribution in [0.3, 0.4) is 0 Å². The number of rotatable bonds is 8. The average Bonchev–Trinajstić information content (AvgIpc) is 2.42. The van der Waals surface area contributed by atoms with E-state index < -0.39 is 6.10 Å². The molecule has 0 radical (unpaired) electrons. The Morgan fingerprint density at radius 3 is 2.45 bits per heavy atom. The summed E-state index contributed by atoms with van der Waals surface area (Å²) < 4.78 is 5.76. The van der Waals surface area contributed by atoms with Crippen molar-refractivity contribution < 1.29 is 22.3 Å². The molecule has 2 unspecified atom stereocenters. The Labute approximate surface area is 129 Å². The van der Waals surface area contributed by atoms with Crippen LogP contribution in [-0.2, 0) is 0 Å². The molecule has 116 valence electrons. The largest absolute Gasteiger partial charge is 1.00 e. The molecular weight excluding hydrogens is 274 g/mol. The molecule has 0 aliphatic rings. The highest BCUT2D eigenvalue weighted by atomic mass is 35.5. The molecule has 20 heavy (non-hydrogen) atoms. The predicted molar refractivity (Wildman–Crippen MR) is 79.8 cm³/mol. The molecule has 0 saturated carbocycles. The van der Waals surface area contributed by atoms with E-state index in [2.05, 4.69) is 39.1 Å². The second-order valence-corrected chi connectivity index (χ2v) is 5.37. The van der Waals surface area contributed by atoms with E-state index in [4.69, 9.17) is 4.74 Å². The van der Waals surface area contributed by atoms with Crippen LogP contribution in [0.4, 0.5) is 0 Å². The Balaban J connectivity index is 0.00000361. The molecule has 0 aromatic heterocycles. The van der Waals surface area contributed by atoms with Gasteiger partial charge < -0.3 is 27.6 Å². The van der Waals surface area contributed by atoms with Crippen LogP contribution in [0.25, 0.3) is 0 Å². The summed E-state index contributed by atoms with van der Waals surface area (Å²) in [6, 6.07) is 8.46. The molecular formula is C16H27ClNO2-. The lowest BCUT2D eigenvalue weighted by atomic mass is 9.98. The van der Waals surface area contributed by atoms with Crippen molar-refractivity contribution >= 4 is 0 Å². The van der Waals surface area contributed by atoms with Crippen LogP contribution in [0.5, 0.6) is 5.75 Å². The summed E-state index contributed by atoms with van der Waals surface area (Å²) in [5.74, 6) is 1.36. The van der Waals surface area contributed by atoms with Crippen LogP contribution in [0.1, 0.15) is 45.6 Å². The number of aliphatic hydroxyl groups excluding tert-OH is 1. The summed E-state index contributed by atoms with van der Waals surface area (Å²) in [4.78, 5) is 0. The summed E-state index contributed by atoms with van der Waals surface area (Å²) in [7, 11) is 0. The van der Waals surface area contributed by atoms with E-state index >= 15 is 0 Å². The van der Waals surface area contributed by atoms with Gasteiger partial charge in [-0.1, -0.05) is 45.9 Å². The Morgan fingerprint density at radius 2 is 1.85 bits per heavy atom. The van der Waals surface area contributed by atoms with E-state index in [0.717, 1.165) is 12.2 Å². The zero-order chi connectivity index (χ0) is 14.3. The fraction of sp³-hybridized carbons (Fsp3) is 0.625. The van der Waals surface area contributed by atoms with Gasteiger partial charge >= 0.3 is 0 Å². The quantitative estimate of drug-likeness (QED) is 0.707. The van der Waals surface area contributed by atoms with E-state index in [0.29, 0.717) is 25.1 Å². The minimum absolute atomic E-state index is 0. The van der Waals surface area contributed by atoms with Crippen molar-refractivity contribution in [2.75, 3.05) is 13.2 Å². The molecule has 0 fully saturated rings.